The van der Waals surface area contributed by atoms with Gasteiger partial charge in [0, 0.05) is 7.05 Å². The lowest BCUT2D eigenvalue weighted by molar-refractivity contribution is 0.0689. The lowest BCUT2D eigenvalue weighted by atomic mass is 10.1. The van der Waals surface area contributed by atoms with Gasteiger partial charge >= 0.3 is 5.97 Å². The Morgan fingerprint density at radius 1 is 1.20 bits per heavy atom. The van der Waals surface area contributed by atoms with Crippen molar-refractivity contribution in [1.82, 2.24) is 9.78 Å². The zero-order valence-corrected chi connectivity index (χ0v) is 11.3. The molecule has 0 aliphatic carbocycles. The van der Waals surface area contributed by atoms with Crippen LogP contribution in [0, 0.1) is 23.3 Å². The Kier molecular flexibility index (Phi) is 3.55. The maximum atomic E-state index is 13.8. The predicted molar refractivity (Wildman–Crippen MR) is 63.1 cm³/mol. The highest BCUT2D eigenvalue weighted by Gasteiger charge is 2.27. The van der Waals surface area contributed by atoms with Crippen LogP contribution in [0.5, 0.6) is 0 Å². The number of benzene rings is 1. The lowest BCUT2D eigenvalue weighted by Crippen LogP contribution is -2.04. The van der Waals surface area contributed by atoms with Gasteiger partial charge in [-0.3, -0.25) is 4.68 Å². The van der Waals surface area contributed by atoms with Crippen molar-refractivity contribution in [1.29, 1.82) is 0 Å². The summed E-state index contributed by atoms with van der Waals surface area (Å²) in [6.45, 7) is 0. The van der Waals surface area contributed by atoms with Crippen LogP contribution in [0.1, 0.15) is 10.5 Å². The average molecular weight is 353 g/mol. The molecule has 4 nitrogen and oxygen atoms in total. The fourth-order valence-corrected chi connectivity index (χ4v) is 1.98. The van der Waals surface area contributed by atoms with Crippen LogP contribution in [0.4, 0.5) is 17.6 Å². The molecule has 0 aliphatic rings. The summed E-state index contributed by atoms with van der Waals surface area (Å²) < 4.78 is 54.3. The van der Waals surface area contributed by atoms with E-state index >= 15 is 0 Å². The van der Waals surface area contributed by atoms with Crippen molar-refractivity contribution >= 4 is 21.9 Å². The van der Waals surface area contributed by atoms with Gasteiger partial charge in [0.05, 0.1) is 15.7 Å². The molecule has 0 fully saturated rings. The summed E-state index contributed by atoms with van der Waals surface area (Å²) in [7, 11) is 1.19. The number of halogens is 5. The molecule has 0 spiro atoms. The Hall–Kier alpha value is -1.90. The van der Waals surface area contributed by atoms with Gasteiger partial charge in [0.1, 0.15) is 0 Å². The molecule has 0 aliphatic heterocycles. The van der Waals surface area contributed by atoms with Gasteiger partial charge < -0.3 is 5.11 Å². The van der Waals surface area contributed by atoms with E-state index in [4.69, 9.17) is 5.11 Å². The molecular weight excluding hydrogens is 348 g/mol. The fourth-order valence-electron chi connectivity index (χ4n) is 1.64. The van der Waals surface area contributed by atoms with Crippen LogP contribution < -0.4 is 0 Å². The highest BCUT2D eigenvalue weighted by atomic mass is 79.9. The minimum absolute atomic E-state index is 0.400. The van der Waals surface area contributed by atoms with Crippen LogP contribution in [0.25, 0.3) is 11.3 Å². The Labute approximate surface area is 117 Å². The molecule has 0 atom stereocenters. The van der Waals surface area contributed by atoms with Crippen LogP contribution in [-0.2, 0) is 7.05 Å². The topological polar surface area (TPSA) is 55.1 Å². The van der Waals surface area contributed by atoms with E-state index in [1.807, 2.05) is 0 Å². The molecule has 1 aromatic heterocycles. The fraction of sp³-hybridized carbons (Fsp3) is 0.0909. The van der Waals surface area contributed by atoms with Gasteiger partial charge in [0.15, 0.2) is 29.0 Å². The molecule has 0 saturated heterocycles. The van der Waals surface area contributed by atoms with Crippen molar-refractivity contribution in [2.24, 2.45) is 7.05 Å². The number of hydrogen-bond donors (Lipinski definition) is 1. The monoisotopic (exact) mass is 352 g/mol. The molecular formula is C11H5BrF4N2O2. The van der Waals surface area contributed by atoms with Gasteiger partial charge in [-0.15, -0.1) is 0 Å². The van der Waals surface area contributed by atoms with E-state index in [2.05, 4.69) is 21.0 Å². The molecule has 1 N–H and O–H groups in total. The second kappa shape index (κ2) is 4.89. The van der Waals surface area contributed by atoms with E-state index in [9.17, 15) is 22.4 Å². The van der Waals surface area contributed by atoms with E-state index in [1.165, 1.54) is 7.05 Å². The van der Waals surface area contributed by atoms with Crippen LogP contribution >= 0.6 is 15.9 Å². The summed E-state index contributed by atoms with van der Waals surface area (Å²) in [5.74, 6) is -7.95. The van der Waals surface area contributed by atoms with Gasteiger partial charge in [0.25, 0.3) is 0 Å². The standard InChI is InChI=1S/C11H5BrF4N2O2/c1-18-4(2-3(17-18)11(19)20)5-7(13)9(15)6(12)10(16)8(5)14/h2H,1H3,(H,19,20). The minimum atomic E-state index is -1.64. The second-order valence-corrected chi connectivity index (χ2v) is 4.58. The largest absolute Gasteiger partial charge is 0.476 e. The Bertz CT molecular complexity index is 701. The van der Waals surface area contributed by atoms with E-state index in [0.717, 1.165) is 10.7 Å². The van der Waals surface area contributed by atoms with Gasteiger partial charge in [0.2, 0.25) is 0 Å². The average Bonchev–Trinajstić information content (AvgIpc) is 2.77. The molecule has 0 amide bonds. The number of carboxylic acid groups (broad SMARTS) is 1. The second-order valence-electron chi connectivity index (χ2n) is 3.79. The first-order chi connectivity index (χ1) is 9.25. The lowest BCUT2D eigenvalue weighted by Gasteiger charge is -2.08. The first-order valence-electron chi connectivity index (χ1n) is 5.04. The number of carbonyl (C=O) groups is 1. The van der Waals surface area contributed by atoms with Crippen molar-refractivity contribution in [2.75, 3.05) is 0 Å². The molecule has 20 heavy (non-hydrogen) atoms. The SMILES string of the molecule is Cn1nc(C(=O)O)cc1-c1c(F)c(F)c(Br)c(F)c1F. The summed E-state index contributed by atoms with van der Waals surface area (Å²) in [6.07, 6.45) is 0. The maximum absolute atomic E-state index is 13.8. The first kappa shape index (κ1) is 14.5. The van der Waals surface area contributed by atoms with Gasteiger partial charge in [-0.05, 0) is 22.0 Å². The Balaban J connectivity index is 2.80. The van der Waals surface area contributed by atoms with E-state index < -0.39 is 50.7 Å². The van der Waals surface area contributed by atoms with Crippen LogP contribution in [-0.4, -0.2) is 20.9 Å². The number of hydrogen-bond acceptors (Lipinski definition) is 2. The number of aromatic carboxylic acids is 1. The number of rotatable bonds is 2. The molecule has 1 heterocycles. The third-order valence-electron chi connectivity index (χ3n) is 2.56. The Morgan fingerprint density at radius 2 is 1.70 bits per heavy atom. The molecule has 2 aromatic rings. The first-order valence-corrected chi connectivity index (χ1v) is 5.84. The highest BCUT2D eigenvalue weighted by Crippen LogP contribution is 2.34. The van der Waals surface area contributed by atoms with E-state index in [-0.39, 0.29) is 0 Å². The molecule has 106 valence electrons. The molecule has 0 saturated carbocycles. The predicted octanol–water partition coefficient (Wildman–Crippen LogP) is 3.10. The smallest absolute Gasteiger partial charge is 0.356 e. The summed E-state index contributed by atoms with van der Waals surface area (Å²) in [5.41, 5.74) is -1.93. The van der Waals surface area contributed by atoms with Gasteiger partial charge in [-0.2, -0.15) is 5.10 Å². The number of carboxylic acids is 1. The quantitative estimate of drug-likeness (QED) is 0.513. The van der Waals surface area contributed by atoms with Crippen LogP contribution in [0.15, 0.2) is 10.5 Å². The zero-order valence-electron chi connectivity index (χ0n) is 9.72. The summed E-state index contributed by atoms with van der Waals surface area (Å²) >= 11 is 2.39. The third kappa shape index (κ3) is 2.07. The number of nitrogens with zero attached hydrogens (tertiary/aromatic N) is 2. The molecule has 0 bridgehead atoms. The summed E-state index contributed by atoms with van der Waals surface area (Å²) in [6, 6.07) is 0.816. The van der Waals surface area contributed by atoms with Crippen molar-refractivity contribution < 1.29 is 27.5 Å². The van der Waals surface area contributed by atoms with Crippen LogP contribution in [0.3, 0.4) is 0 Å². The van der Waals surface area contributed by atoms with Gasteiger partial charge in [-0.25, -0.2) is 22.4 Å². The summed E-state index contributed by atoms with van der Waals surface area (Å²) in [5, 5.41) is 12.2. The zero-order chi connectivity index (χ0) is 15.2. The third-order valence-corrected chi connectivity index (χ3v) is 3.26. The number of aromatic nitrogens is 2. The van der Waals surface area contributed by atoms with Crippen LogP contribution in [0.2, 0.25) is 0 Å². The minimum Gasteiger partial charge on any atom is -0.476 e. The highest BCUT2D eigenvalue weighted by molar-refractivity contribution is 9.10. The molecule has 2 rings (SSSR count). The van der Waals surface area contributed by atoms with E-state index in [1.54, 1.807) is 0 Å². The molecule has 1 aromatic carbocycles. The van der Waals surface area contributed by atoms with Crippen molar-refractivity contribution in [3.05, 3.63) is 39.5 Å². The van der Waals surface area contributed by atoms with Crippen molar-refractivity contribution in [3.8, 4) is 11.3 Å². The van der Waals surface area contributed by atoms with Gasteiger partial charge in [-0.1, -0.05) is 0 Å². The van der Waals surface area contributed by atoms with E-state index in [0.29, 0.717) is 0 Å². The molecule has 9 heteroatoms. The molecule has 0 unspecified atom stereocenters. The Morgan fingerprint density at radius 3 is 2.10 bits per heavy atom. The van der Waals surface area contributed by atoms with Crippen molar-refractivity contribution in [3.63, 3.8) is 0 Å². The molecule has 0 radical (unpaired) electrons. The number of aryl methyl sites for hydroxylation is 1. The van der Waals surface area contributed by atoms with Crippen molar-refractivity contribution in [2.45, 2.75) is 0 Å². The normalized spacial score (nSPS) is 10.9. The maximum Gasteiger partial charge on any atom is 0.356 e. The summed E-state index contributed by atoms with van der Waals surface area (Å²) in [4.78, 5) is 10.7.